The maximum Gasteiger partial charge on any atom is 0.243 e. The van der Waals surface area contributed by atoms with E-state index in [1.54, 1.807) is 4.90 Å². The van der Waals surface area contributed by atoms with Gasteiger partial charge in [-0.15, -0.1) is 0 Å². The quantitative estimate of drug-likeness (QED) is 0.792. The highest BCUT2D eigenvalue weighted by atomic mass is 16.2. The molecule has 6 heteroatoms. The molecular weight excluding hydrogens is 366 g/mol. The zero-order valence-corrected chi connectivity index (χ0v) is 17.1. The first-order valence-corrected chi connectivity index (χ1v) is 9.85. The van der Waals surface area contributed by atoms with Gasteiger partial charge in [0.05, 0.1) is 18.5 Å². The number of aryl methyl sites for hydroxylation is 1. The molecule has 1 heterocycles. The van der Waals surface area contributed by atoms with Gasteiger partial charge in [0, 0.05) is 18.7 Å². The van der Waals surface area contributed by atoms with Crippen LogP contribution in [-0.4, -0.2) is 35.7 Å². The predicted molar refractivity (Wildman–Crippen MR) is 112 cm³/mol. The van der Waals surface area contributed by atoms with Crippen molar-refractivity contribution in [2.45, 2.75) is 33.2 Å². The second kappa shape index (κ2) is 8.90. The van der Waals surface area contributed by atoms with Crippen LogP contribution in [-0.2, 0) is 14.4 Å². The topological polar surface area (TPSA) is 78.5 Å². The van der Waals surface area contributed by atoms with Gasteiger partial charge in [-0.2, -0.15) is 0 Å². The zero-order valence-electron chi connectivity index (χ0n) is 17.1. The number of carbonyl (C=O) groups excluding carboxylic acids is 3. The highest BCUT2D eigenvalue weighted by molar-refractivity contribution is 5.96. The Bertz CT molecular complexity index is 911. The molecule has 2 N–H and O–H groups in total. The van der Waals surface area contributed by atoms with Crippen molar-refractivity contribution in [2.75, 3.05) is 18.4 Å². The summed E-state index contributed by atoms with van der Waals surface area (Å²) in [6.07, 6.45) is 0.168. The minimum atomic E-state index is -0.442. The summed E-state index contributed by atoms with van der Waals surface area (Å²) in [6.45, 7) is 6.12. The number of amides is 3. The fourth-order valence-corrected chi connectivity index (χ4v) is 3.59. The molecule has 0 saturated carbocycles. The lowest BCUT2D eigenvalue weighted by atomic mass is 10.1. The van der Waals surface area contributed by atoms with E-state index in [-0.39, 0.29) is 36.7 Å². The molecule has 2 aromatic carbocycles. The third-order valence-corrected chi connectivity index (χ3v) is 5.58. The fraction of sp³-hybridized carbons (Fsp3) is 0.348. The van der Waals surface area contributed by atoms with Crippen LogP contribution in [0.1, 0.15) is 36.1 Å². The summed E-state index contributed by atoms with van der Waals surface area (Å²) >= 11 is 0. The third kappa shape index (κ3) is 4.83. The fourth-order valence-electron chi connectivity index (χ4n) is 3.59. The maximum atomic E-state index is 12.5. The lowest BCUT2D eigenvalue weighted by Gasteiger charge is -2.25. The lowest BCUT2D eigenvalue weighted by molar-refractivity contribution is -0.130. The van der Waals surface area contributed by atoms with E-state index >= 15 is 0 Å². The number of rotatable bonds is 6. The van der Waals surface area contributed by atoms with Gasteiger partial charge >= 0.3 is 0 Å². The van der Waals surface area contributed by atoms with Gasteiger partial charge in [0.15, 0.2) is 0 Å². The molecule has 152 valence electrons. The molecule has 1 saturated heterocycles. The normalized spacial score (nSPS) is 17.1. The highest BCUT2D eigenvalue weighted by Gasteiger charge is 2.37. The summed E-state index contributed by atoms with van der Waals surface area (Å²) in [5, 5.41) is 5.49. The van der Waals surface area contributed by atoms with Crippen LogP contribution in [0.4, 0.5) is 5.69 Å². The van der Waals surface area contributed by atoms with E-state index in [1.807, 2.05) is 69.3 Å². The molecule has 2 aromatic rings. The summed E-state index contributed by atoms with van der Waals surface area (Å²) in [5.41, 5.74) is 3.86. The van der Waals surface area contributed by atoms with Crippen molar-refractivity contribution in [3.05, 3.63) is 65.2 Å². The summed E-state index contributed by atoms with van der Waals surface area (Å²) in [6, 6.07) is 15.4. The molecule has 0 radical (unpaired) electrons. The molecule has 0 aliphatic carbocycles. The minimum absolute atomic E-state index is 0.0404. The van der Waals surface area contributed by atoms with Crippen molar-refractivity contribution in [3.8, 4) is 0 Å². The van der Waals surface area contributed by atoms with Crippen LogP contribution < -0.4 is 10.6 Å². The molecular formula is C23H27N3O3. The monoisotopic (exact) mass is 393 g/mol. The number of benzene rings is 2. The van der Waals surface area contributed by atoms with Gasteiger partial charge in [-0.05, 0) is 43.5 Å². The molecule has 29 heavy (non-hydrogen) atoms. The second-order valence-corrected chi connectivity index (χ2v) is 7.55. The summed E-state index contributed by atoms with van der Waals surface area (Å²) in [5.74, 6) is -1.04. The SMILES string of the molecule is Cc1cccc(NC(=O)CNC(=O)[C@H]2CC(=O)N([C@@H](C)c3ccccc3)C2)c1C. The number of carbonyl (C=O) groups is 3. The van der Waals surface area contributed by atoms with Crippen molar-refractivity contribution in [1.29, 1.82) is 0 Å². The van der Waals surface area contributed by atoms with Crippen LogP contribution in [0.3, 0.4) is 0 Å². The van der Waals surface area contributed by atoms with Crippen molar-refractivity contribution in [3.63, 3.8) is 0 Å². The number of nitrogens with zero attached hydrogens (tertiary/aromatic N) is 1. The van der Waals surface area contributed by atoms with Crippen LogP contribution in [0.5, 0.6) is 0 Å². The van der Waals surface area contributed by atoms with Crippen molar-refractivity contribution >= 4 is 23.4 Å². The number of likely N-dealkylation sites (tertiary alicyclic amines) is 1. The maximum absolute atomic E-state index is 12.5. The Hall–Kier alpha value is -3.15. The highest BCUT2D eigenvalue weighted by Crippen LogP contribution is 2.28. The van der Waals surface area contributed by atoms with E-state index in [2.05, 4.69) is 10.6 Å². The molecule has 1 fully saturated rings. The van der Waals surface area contributed by atoms with Gasteiger partial charge in [-0.25, -0.2) is 0 Å². The van der Waals surface area contributed by atoms with Gasteiger partial charge in [0.2, 0.25) is 17.7 Å². The third-order valence-electron chi connectivity index (χ3n) is 5.58. The predicted octanol–water partition coefficient (Wildman–Crippen LogP) is 2.97. The average molecular weight is 393 g/mol. The second-order valence-electron chi connectivity index (χ2n) is 7.55. The van der Waals surface area contributed by atoms with Crippen LogP contribution >= 0.6 is 0 Å². The molecule has 0 spiro atoms. The molecule has 3 rings (SSSR count). The summed E-state index contributed by atoms with van der Waals surface area (Å²) < 4.78 is 0. The summed E-state index contributed by atoms with van der Waals surface area (Å²) in [4.78, 5) is 38.9. The van der Waals surface area contributed by atoms with Crippen molar-refractivity contribution < 1.29 is 14.4 Å². The first-order chi connectivity index (χ1) is 13.9. The van der Waals surface area contributed by atoms with E-state index in [0.29, 0.717) is 6.54 Å². The number of nitrogens with one attached hydrogen (secondary N) is 2. The number of hydrogen-bond acceptors (Lipinski definition) is 3. The van der Waals surface area contributed by atoms with Crippen LogP contribution in [0.25, 0.3) is 0 Å². The number of anilines is 1. The molecule has 3 amide bonds. The van der Waals surface area contributed by atoms with Crippen LogP contribution in [0.2, 0.25) is 0 Å². The van der Waals surface area contributed by atoms with Crippen LogP contribution in [0, 0.1) is 19.8 Å². The minimum Gasteiger partial charge on any atom is -0.347 e. The number of hydrogen-bond donors (Lipinski definition) is 2. The van der Waals surface area contributed by atoms with E-state index in [4.69, 9.17) is 0 Å². The van der Waals surface area contributed by atoms with E-state index in [9.17, 15) is 14.4 Å². The van der Waals surface area contributed by atoms with Gasteiger partial charge in [0.1, 0.15) is 0 Å². The van der Waals surface area contributed by atoms with E-state index in [1.165, 1.54) is 0 Å². The van der Waals surface area contributed by atoms with Gasteiger partial charge in [-0.1, -0.05) is 42.5 Å². The Morgan fingerprint density at radius 1 is 1.10 bits per heavy atom. The van der Waals surface area contributed by atoms with E-state index < -0.39 is 5.92 Å². The average Bonchev–Trinajstić information content (AvgIpc) is 3.11. The Balaban J connectivity index is 1.53. The molecule has 0 bridgehead atoms. The molecule has 0 aromatic heterocycles. The molecule has 1 aliphatic heterocycles. The van der Waals surface area contributed by atoms with Crippen LogP contribution in [0.15, 0.2) is 48.5 Å². The smallest absolute Gasteiger partial charge is 0.243 e. The van der Waals surface area contributed by atoms with E-state index in [0.717, 1.165) is 22.4 Å². The Labute approximate surface area is 171 Å². The van der Waals surface area contributed by atoms with Crippen molar-refractivity contribution in [1.82, 2.24) is 10.2 Å². The molecule has 6 nitrogen and oxygen atoms in total. The molecule has 2 atom stereocenters. The first-order valence-electron chi connectivity index (χ1n) is 9.85. The zero-order chi connectivity index (χ0) is 21.0. The standard InChI is InChI=1S/C23H27N3O3/c1-15-8-7-11-20(16(15)2)25-21(27)13-24-23(29)19-12-22(28)26(14-19)17(3)18-9-5-4-6-10-18/h4-11,17,19H,12-14H2,1-3H3,(H,24,29)(H,25,27)/t17-,19-/m0/s1. The molecule has 1 aliphatic rings. The Morgan fingerprint density at radius 3 is 2.55 bits per heavy atom. The first kappa shape index (κ1) is 20.6. The largest absolute Gasteiger partial charge is 0.347 e. The Kier molecular flexibility index (Phi) is 6.32. The lowest BCUT2D eigenvalue weighted by Crippen LogP contribution is -2.38. The van der Waals surface area contributed by atoms with Gasteiger partial charge in [0.25, 0.3) is 0 Å². The molecule has 0 unspecified atom stereocenters. The van der Waals surface area contributed by atoms with Gasteiger partial charge < -0.3 is 15.5 Å². The van der Waals surface area contributed by atoms with Gasteiger partial charge in [-0.3, -0.25) is 14.4 Å². The summed E-state index contributed by atoms with van der Waals surface area (Å²) in [7, 11) is 0. The Morgan fingerprint density at radius 2 is 1.83 bits per heavy atom. The van der Waals surface area contributed by atoms with Crippen molar-refractivity contribution in [2.24, 2.45) is 5.92 Å².